The molecule has 7 nitrogen and oxygen atoms in total. The molecular weight excluding hydrogens is 431 g/mol. The van der Waals surface area contributed by atoms with Gasteiger partial charge in [0.1, 0.15) is 5.57 Å². The van der Waals surface area contributed by atoms with E-state index in [1.54, 1.807) is 31.2 Å². The standard InChI is InChI=1S/C21H18Cl2N2O5/c1-3-29-17-10-12(9-16(23)18(17)30-4-2)8-15-19(26)24-21(28)25(20(15)27)14-7-5-6-13(22)11-14/h5-11H,3-4H2,1-2H3,(H,24,26,28)/b15-8+. The van der Waals surface area contributed by atoms with Gasteiger partial charge in [-0.15, -0.1) is 0 Å². The van der Waals surface area contributed by atoms with Crippen LogP contribution in [0.15, 0.2) is 42.0 Å². The Morgan fingerprint density at radius 2 is 1.77 bits per heavy atom. The number of nitrogens with one attached hydrogen (secondary N) is 1. The van der Waals surface area contributed by atoms with Crippen LogP contribution >= 0.6 is 23.2 Å². The van der Waals surface area contributed by atoms with Crippen LogP contribution in [-0.4, -0.2) is 31.1 Å². The van der Waals surface area contributed by atoms with Crippen molar-refractivity contribution in [3.63, 3.8) is 0 Å². The molecule has 9 heteroatoms. The molecule has 1 saturated heterocycles. The van der Waals surface area contributed by atoms with Gasteiger partial charge in [-0.1, -0.05) is 29.3 Å². The van der Waals surface area contributed by atoms with Crippen LogP contribution in [0.2, 0.25) is 10.0 Å². The molecule has 0 saturated carbocycles. The number of hydrogen-bond acceptors (Lipinski definition) is 5. The summed E-state index contributed by atoms with van der Waals surface area (Å²) in [5.74, 6) is -0.844. The zero-order chi connectivity index (χ0) is 21.8. The van der Waals surface area contributed by atoms with Crippen LogP contribution in [-0.2, 0) is 9.59 Å². The third kappa shape index (κ3) is 4.42. The molecule has 0 spiro atoms. The molecule has 30 heavy (non-hydrogen) atoms. The summed E-state index contributed by atoms with van der Waals surface area (Å²) in [4.78, 5) is 38.5. The first kappa shape index (κ1) is 21.7. The van der Waals surface area contributed by atoms with Gasteiger partial charge in [0.05, 0.1) is 23.9 Å². The Hall–Kier alpha value is -3.03. The molecule has 2 aromatic carbocycles. The fourth-order valence-corrected chi connectivity index (χ4v) is 3.35. The second-order valence-electron chi connectivity index (χ2n) is 6.13. The maximum atomic E-state index is 13.0. The lowest BCUT2D eigenvalue weighted by molar-refractivity contribution is -0.122. The summed E-state index contributed by atoms with van der Waals surface area (Å²) >= 11 is 12.3. The van der Waals surface area contributed by atoms with Crippen LogP contribution < -0.4 is 19.7 Å². The highest BCUT2D eigenvalue weighted by atomic mass is 35.5. The number of amides is 4. The van der Waals surface area contributed by atoms with Gasteiger partial charge in [0.25, 0.3) is 11.8 Å². The van der Waals surface area contributed by atoms with E-state index in [0.29, 0.717) is 35.3 Å². The van der Waals surface area contributed by atoms with Gasteiger partial charge in [-0.3, -0.25) is 14.9 Å². The summed E-state index contributed by atoms with van der Waals surface area (Å²) in [5.41, 5.74) is 0.436. The molecule has 1 fully saturated rings. The van der Waals surface area contributed by atoms with Crippen LogP contribution in [0, 0.1) is 0 Å². The van der Waals surface area contributed by atoms with Crippen molar-refractivity contribution in [1.29, 1.82) is 0 Å². The van der Waals surface area contributed by atoms with E-state index in [1.165, 1.54) is 18.2 Å². The number of anilines is 1. The number of rotatable bonds is 6. The van der Waals surface area contributed by atoms with Gasteiger partial charge < -0.3 is 9.47 Å². The second kappa shape index (κ2) is 9.19. The largest absolute Gasteiger partial charge is 0.490 e. The van der Waals surface area contributed by atoms with Gasteiger partial charge in [0.15, 0.2) is 11.5 Å². The fourth-order valence-electron chi connectivity index (χ4n) is 2.89. The summed E-state index contributed by atoms with van der Waals surface area (Å²) in [7, 11) is 0. The van der Waals surface area contributed by atoms with Crippen molar-refractivity contribution >= 4 is 52.8 Å². The number of carbonyl (C=O) groups is 3. The number of carbonyl (C=O) groups excluding carboxylic acids is 3. The predicted molar refractivity (Wildman–Crippen MR) is 114 cm³/mol. The fraction of sp³-hybridized carbons (Fsp3) is 0.190. The topological polar surface area (TPSA) is 84.9 Å². The lowest BCUT2D eigenvalue weighted by Gasteiger charge is -2.26. The molecule has 1 heterocycles. The van der Waals surface area contributed by atoms with E-state index in [0.717, 1.165) is 4.90 Å². The summed E-state index contributed by atoms with van der Waals surface area (Å²) in [6.07, 6.45) is 1.34. The van der Waals surface area contributed by atoms with Crippen molar-refractivity contribution in [3.05, 3.63) is 57.6 Å². The van der Waals surface area contributed by atoms with E-state index in [4.69, 9.17) is 32.7 Å². The third-order valence-corrected chi connectivity index (χ3v) is 4.62. The average molecular weight is 449 g/mol. The molecule has 1 N–H and O–H groups in total. The normalized spacial score (nSPS) is 15.4. The zero-order valence-electron chi connectivity index (χ0n) is 16.2. The maximum absolute atomic E-state index is 13.0. The molecular formula is C21H18Cl2N2O5. The van der Waals surface area contributed by atoms with Crippen LogP contribution in [0.5, 0.6) is 11.5 Å². The van der Waals surface area contributed by atoms with Gasteiger partial charge in [-0.2, -0.15) is 0 Å². The number of barbiturate groups is 1. The Labute approximate surface area is 183 Å². The number of ether oxygens (including phenoxy) is 2. The molecule has 0 unspecified atom stereocenters. The lowest BCUT2D eigenvalue weighted by atomic mass is 10.1. The number of halogens is 2. The number of nitrogens with zero attached hydrogens (tertiary/aromatic N) is 1. The number of benzene rings is 2. The highest BCUT2D eigenvalue weighted by Gasteiger charge is 2.37. The quantitative estimate of drug-likeness (QED) is 0.520. The third-order valence-electron chi connectivity index (χ3n) is 4.10. The average Bonchev–Trinajstić information content (AvgIpc) is 2.68. The minimum atomic E-state index is -0.857. The first-order chi connectivity index (χ1) is 14.3. The van der Waals surface area contributed by atoms with E-state index in [-0.39, 0.29) is 16.3 Å². The van der Waals surface area contributed by atoms with E-state index in [1.807, 2.05) is 6.92 Å². The molecule has 4 amide bonds. The van der Waals surface area contributed by atoms with Crippen molar-refractivity contribution in [1.82, 2.24) is 5.32 Å². The van der Waals surface area contributed by atoms with Crippen molar-refractivity contribution in [3.8, 4) is 11.5 Å². The van der Waals surface area contributed by atoms with Gasteiger partial charge in [0, 0.05) is 5.02 Å². The summed E-state index contributed by atoms with van der Waals surface area (Å²) in [6.45, 7) is 4.38. The minimum Gasteiger partial charge on any atom is -0.490 e. The maximum Gasteiger partial charge on any atom is 0.335 e. The van der Waals surface area contributed by atoms with Crippen molar-refractivity contribution in [2.24, 2.45) is 0 Å². The van der Waals surface area contributed by atoms with E-state index < -0.39 is 17.8 Å². The Kier molecular flexibility index (Phi) is 6.64. The van der Waals surface area contributed by atoms with Gasteiger partial charge in [0.2, 0.25) is 0 Å². The summed E-state index contributed by atoms with van der Waals surface area (Å²) in [5, 5.41) is 2.77. The van der Waals surface area contributed by atoms with Gasteiger partial charge >= 0.3 is 6.03 Å². The summed E-state index contributed by atoms with van der Waals surface area (Å²) < 4.78 is 11.1. The van der Waals surface area contributed by atoms with Gasteiger partial charge in [-0.05, 0) is 55.8 Å². The highest BCUT2D eigenvalue weighted by Crippen LogP contribution is 2.37. The predicted octanol–water partition coefficient (Wildman–Crippen LogP) is 4.46. The Morgan fingerprint density at radius 3 is 2.43 bits per heavy atom. The number of hydrogen-bond donors (Lipinski definition) is 1. The van der Waals surface area contributed by atoms with E-state index in [9.17, 15) is 14.4 Å². The Balaban J connectivity index is 2.04. The minimum absolute atomic E-state index is 0.239. The van der Waals surface area contributed by atoms with Crippen molar-refractivity contribution < 1.29 is 23.9 Å². The molecule has 0 aromatic heterocycles. The van der Waals surface area contributed by atoms with Crippen LogP contribution in [0.4, 0.5) is 10.5 Å². The van der Waals surface area contributed by atoms with Crippen LogP contribution in [0.3, 0.4) is 0 Å². The van der Waals surface area contributed by atoms with Crippen LogP contribution in [0.1, 0.15) is 19.4 Å². The molecule has 0 bridgehead atoms. The Morgan fingerprint density at radius 1 is 1.03 bits per heavy atom. The van der Waals surface area contributed by atoms with Crippen molar-refractivity contribution in [2.75, 3.05) is 18.1 Å². The SMILES string of the molecule is CCOc1cc(/C=C2\C(=O)NC(=O)N(c3cccc(Cl)c3)C2=O)cc(Cl)c1OCC. The smallest absolute Gasteiger partial charge is 0.335 e. The molecule has 0 aliphatic carbocycles. The number of urea groups is 1. The molecule has 1 aliphatic heterocycles. The zero-order valence-corrected chi connectivity index (χ0v) is 17.7. The Bertz CT molecular complexity index is 1050. The number of imide groups is 2. The van der Waals surface area contributed by atoms with E-state index in [2.05, 4.69) is 5.32 Å². The van der Waals surface area contributed by atoms with Crippen molar-refractivity contribution in [2.45, 2.75) is 13.8 Å². The molecule has 156 valence electrons. The molecule has 2 aromatic rings. The van der Waals surface area contributed by atoms with Gasteiger partial charge in [-0.25, -0.2) is 9.69 Å². The second-order valence-corrected chi connectivity index (χ2v) is 6.98. The van der Waals surface area contributed by atoms with E-state index >= 15 is 0 Å². The summed E-state index contributed by atoms with van der Waals surface area (Å²) in [6, 6.07) is 8.49. The lowest BCUT2D eigenvalue weighted by Crippen LogP contribution is -2.54. The molecule has 0 radical (unpaired) electrons. The molecule has 3 rings (SSSR count). The monoisotopic (exact) mass is 448 g/mol. The first-order valence-corrected chi connectivity index (χ1v) is 9.87. The first-order valence-electron chi connectivity index (χ1n) is 9.11. The highest BCUT2D eigenvalue weighted by molar-refractivity contribution is 6.39. The molecule has 1 aliphatic rings. The van der Waals surface area contributed by atoms with Crippen LogP contribution in [0.25, 0.3) is 6.08 Å². The molecule has 0 atom stereocenters.